The number of aliphatic imine (C=N–C) groups is 1. The van der Waals surface area contributed by atoms with Crippen LogP contribution in [0.3, 0.4) is 0 Å². The average Bonchev–Trinajstić information content (AvgIpc) is 2.79. The standard InChI is InChI=1S/C24H34N6O2/c1-25-24(26-17-19-7-5-8-20(15-19)27-23(31)18-28(2)3)30-13-11-29(12-14-30)21-9-6-10-22(16-21)32-4/h5-10,15-16H,11-14,17-18H2,1-4H3,(H,25,26)(H,27,31). The molecule has 8 nitrogen and oxygen atoms in total. The first-order chi connectivity index (χ1) is 15.5. The van der Waals surface area contributed by atoms with E-state index in [-0.39, 0.29) is 5.91 Å². The van der Waals surface area contributed by atoms with Crippen molar-refractivity contribution in [3.8, 4) is 5.75 Å². The number of likely N-dealkylation sites (N-methyl/N-ethyl adjacent to an activating group) is 1. The van der Waals surface area contributed by atoms with Crippen LogP contribution < -0.4 is 20.3 Å². The van der Waals surface area contributed by atoms with Crippen LogP contribution in [-0.2, 0) is 11.3 Å². The van der Waals surface area contributed by atoms with Crippen LogP contribution in [-0.4, -0.2) is 82.6 Å². The average molecular weight is 439 g/mol. The summed E-state index contributed by atoms with van der Waals surface area (Å²) in [4.78, 5) is 23.0. The molecular formula is C24H34N6O2. The van der Waals surface area contributed by atoms with Crippen molar-refractivity contribution >= 4 is 23.2 Å². The summed E-state index contributed by atoms with van der Waals surface area (Å²) >= 11 is 0. The molecule has 0 atom stereocenters. The number of nitrogens with one attached hydrogen (secondary N) is 2. The van der Waals surface area contributed by atoms with Crippen LogP contribution in [0.25, 0.3) is 0 Å². The molecule has 0 aromatic heterocycles. The molecule has 0 unspecified atom stereocenters. The van der Waals surface area contributed by atoms with Crippen LogP contribution in [0.15, 0.2) is 53.5 Å². The summed E-state index contributed by atoms with van der Waals surface area (Å²) in [5, 5.41) is 6.40. The van der Waals surface area contributed by atoms with Crippen molar-refractivity contribution in [2.75, 3.05) is 71.2 Å². The lowest BCUT2D eigenvalue weighted by Gasteiger charge is -2.37. The molecule has 32 heavy (non-hydrogen) atoms. The van der Waals surface area contributed by atoms with Gasteiger partial charge in [0.25, 0.3) is 0 Å². The Balaban J connectivity index is 1.52. The zero-order valence-corrected chi connectivity index (χ0v) is 19.5. The molecular weight excluding hydrogens is 404 g/mol. The summed E-state index contributed by atoms with van der Waals surface area (Å²) < 4.78 is 5.35. The zero-order valence-electron chi connectivity index (χ0n) is 19.5. The van der Waals surface area contributed by atoms with E-state index in [9.17, 15) is 4.79 Å². The van der Waals surface area contributed by atoms with Gasteiger partial charge in [-0.05, 0) is 43.9 Å². The minimum absolute atomic E-state index is 0.0233. The van der Waals surface area contributed by atoms with E-state index in [2.05, 4.69) is 37.6 Å². The molecule has 172 valence electrons. The quantitative estimate of drug-likeness (QED) is 0.510. The van der Waals surface area contributed by atoms with Gasteiger partial charge >= 0.3 is 0 Å². The van der Waals surface area contributed by atoms with Crippen molar-refractivity contribution in [3.63, 3.8) is 0 Å². The molecule has 1 saturated heterocycles. The Bertz CT molecular complexity index is 922. The molecule has 0 aliphatic carbocycles. The number of hydrogen-bond donors (Lipinski definition) is 2. The molecule has 3 rings (SSSR count). The summed E-state index contributed by atoms with van der Waals surface area (Å²) in [6.07, 6.45) is 0. The number of rotatable bonds is 7. The molecule has 0 radical (unpaired) electrons. The normalized spacial score (nSPS) is 14.5. The second kappa shape index (κ2) is 11.4. The second-order valence-corrected chi connectivity index (χ2v) is 8.06. The fraction of sp³-hybridized carbons (Fsp3) is 0.417. The number of piperazine rings is 1. The highest BCUT2D eigenvalue weighted by molar-refractivity contribution is 5.92. The van der Waals surface area contributed by atoms with Gasteiger partial charge in [0.05, 0.1) is 13.7 Å². The van der Waals surface area contributed by atoms with Crippen molar-refractivity contribution in [3.05, 3.63) is 54.1 Å². The third-order valence-corrected chi connectivity index (χ3v) is 5.33. The molecule has 1 amide bonds. The van der Waals surface area contributed by atoms with Gasteiger partial charge in [0.15, 0.2) is 5.96 Å². The SMILES string of the molecule is CN=C(NCc1cccc(NC(=O)CN(C)C)c1)N1CCN(c2cccc(OC)c2)CC1. The number of carbonyl (C=O) groups is 1. The van der Waals surface area contributed by atoms with E-state index in [1.54, 1.807) is 7.11 Å². The number of guanidine groups is 1. The number of anilines is 2. The fourth-order valence-corrected chi connectivity index (χ4v) is 3.74. The highest BCUT2D eigenvalue weighted by Gasteiger charge is 2.20. The molecule has 2 aromatic rings. The van der Waals surface area contributed by atoms with Crippen LogP contribution in [0.1, 0.15) is 5.56 Å². The summed E-state index contributed by atoms with van der Waals surface area (Å²) in [6, 6.07) is 16.1. The van der Waals surface area contributed by atoms with Gasteiger partial charge in [-0.25, -0.2) is 0 Å². The summed E-state index contributed by atoms with van der Waals surface area (Å²) in [6.45, 7) is 4.61. The summed E-state index contributed by atoms with van der Waals surface area (Å²) in [7, 11) is 7.26. The topological polar surface area (TPSA) is 72.4 Å². The van der Waals surface area contributed by atoms with Crippen molar-refractivity contribution in [1.29, 1.82) is 0 Å². The van der Waals surface area contributed by atoms with Gasteiger partial charge in [-0.2, -0.15) is 0 Å². The molecule has 1 aliphatic rings. The van der Waals surface area contributed by atoms with Gasteiger partial charge in [-0.15, -0.1) is 0 Å². The first-order valence-electron chi connectivity index (χ1n) is 10.9. The molecule has 8 heteroatoms. The number of hydrogen-bond acceptors (Lipinski definition) is 5. The van der Waals surface area contributed by atoms with E-state index in [4.69, 9.17) is 4.74 Å². The van der Waals surface area contributed by atoms with Gasteiger partial charge in [0.1, 0.15) is 5.75 Å². The number of nitrogens with zero attached hydrogens (tertiary/aromatic N) is 4. The molecule has 0 bridgehead atoms. The lowest BCUT2D eigenvalue weighted by atomic mass is 10.2. The maximum atomic E-state index is 12.0. The van der Waals surface area contributed by atoms with Crippen molar-refractivity contribution in [2.24, 2.45) is 4.99 Å². The number of carbonyl (C=O) groups excluding carboxylic acids is 1. The van der Waals surface area contributed by atoms with Crippen molar-refractivity contribution in [1.82, 2.24) is 15.1 Å². The first-order valence-corrected chi connectivity index (χ1v) is 10.9. The Kier molecular flexibility index (Phi) is 8.33. The van der Waals surface area contributed by atoms with Crippen molar-refractivity contribution in [2.45, 2.75) is 6.54 Å². The Labute approximate surface area is 190 Å². The Morgan fingerprint density at radius 3 is 2.53 bits per heavy atom. The second-order valence-electron chi connectivity index (χ2n) is 8.06. The Hall–Kier alpha value is -3.26. The Morgan fingerprint density at radius 2 is 1.84 bits per heavy atom. The van der Waals surface area contributed by atoms with E-state index < -0.39 is 0 Å². The summed E-state index contributed by atoms with van der Waals surface area (Å²) in [5.41, 5.74) is 3.07. The van der Waals surface area contributed by atoms with E-state index in [1.807, 2.05) is 62.4 Å². The Morgan fingerprint density at radius 1 is 1.09 bits per heavy atom. The van der Waals surface area contributed by atoms with Crippen molar-refractivity contribution < 1.29 is 9.53 Å². The van der Waals surface area contributed by atoms with E-state index in [1.165, 1.54) is 5.69 Å². The zero-order chi connectivity index (χ0) is 22.9. The minimum atomic E-state index is -0.0233. The highest BCUT2D eigenvalue weighted by atomic mass is 16.5. The summed E-state index contributed by atoms with van der Waals surface area (Å²) in [5.74, 6) is 1.74. The maximum Gasteiger partial charge on any atom is 0.238 e. The number of amides is 1. The molecule has 2 N–H and O–H groups in total. The highest BCUT2D eigenvalue weighted by Crippen LogP contribution is 2.22. The molecule has 0 saturated carbocycles. The minimum Gasteiger partial charge on any atom is -0.497 e. The van der Waals surface area contributed by atoms with Gasteiger partial charge < -0.3 is 30.1 Å². The molecule has 1 aliphatic heterocycles. The van der Waals surface area contributed by atoms with Crippen LogP contribution >= 0.6 is 0 Å². The third-order valence-electron chi connectivity index (χ3n) is 5.33. The van der Waals surface area contributed by atoms with Gasteiger partial charge in [0, 0.05) is 57.2 Å². The van der Waals surface area contributed by atoms with Gasteiger partial charge in [-0.1, -0.05) is 18.2 Å². The van der Waals surface area contributed by atoms with Crippen LogP contribution in [0.4, 0.5) is 11.4 Å². The van der Waals surface area contributed by atoms with Crippen LogP contribution in [0.2, 0.25) is 0 Å². The van der Waals surface area contributed by atoms with E-state index in [0.29, 0.717) is 13.1 Å². The molecule has 1 fully saturated rings. The maximum absolute atomic E-state index is 12.0. The predicted octanol–water partition coefficient (Wildman–Crippen LogP) is 2.09. The molecule has 0 spiro atoms. The van der Waals surface area contributed by atoms with Crippen LogP contribution in [0.5, 0.6) is 5.75 Å². The number of benzene rings is 2. The monoisotopic (exact) mass is 438 g/mol. The molecule has 2 aromatic carbocycles. The third kappa shape index (κ3) is 6.62. The lowest BCUT2D eigenvalue weighted by molar-refractivity contribution is -0.116. The lowest BCUT2D eigenvalue weighted by Crippen LogP contribution is -2.52. The van der Waals surface area contributed by atoms with Crippen LogP contribution in [0, 0.1) is 0 Å². The number of methoxy groups -OCH3 is 1. The van der Waals surface area contributed by atoms with Gasteiger partial charge in [-0.3, -0.25) is 9.79 Å². The smallest absolute Gasteiger partial charge is 0.238 e. The number of ether oxygens (including phenoxy) is 1. The van der Waals surface area contributed by atoms with Gasteiger partial charge in [0.2, 0.25) is 5.91 Å². The predicted molar refractivity (Wildman–Crippen MR) is 131 cm³/mol. The first kappa shape index (κ1) is 23.4. The fourth-order valence-electron chi connectivity index (χ4n) is 3.74. The van der Waals surface area contributed by atoms with E-state index >= 15 is 0 Å². The largest absolute Gasteiger partial charge is 0.497 e. The van der Waals surface area contributed by atoms with E-state index in [0.717, 1.165) is 49.1 Å². The molecule has 1 heterocycles.